The molecule has 0 atom stereocenters. The number of ether oxygens (including phenoxy) is 1. The van der Waals surface area contributed by atoms with Gasteiger partial charge in [0, 0.05) is 18.0 Å². The number of nitrogens with zero attached hydrogens (tertiary/aromatic N) is 1. The standard InChI is InChI=1S/C13H18N2O4S2/c1-2-19-13(16)11-9-5-6-15(7-10(9)20-12(11)14)21(17,18)8-3-4-8/h8H,2-7,14H2,1H3. The third-order valence-corrected chi connectivity index (χ3v) is 7.23. The number of carbonyl (C=O) groups excluding carboxylic acids is 1. The van der Waals surface area contributed by atoms with E-state index in [2.05, 4.69) is 0 Å². The summed E-state index contributed by atoms with van der Waals surface area (Å²) in [5.41, 5.74) is 7.22. The lowest BCUT2D eigenvalue weighted by molar-refractivity contribution is 0.0526. The van der Waals surface area contributed by atoms with Crippen LogP contribution in [0.3, 0.4) is 0 Å². The molecule has 21 heavy (non-hydrogen) atoms. The first kappa shape index (κ1) is 14.8. The van der Waals surface area contributed by atoms with E-state index in [1.165, 1.54) is 15.6 Å². The van der Waals surface area contributed by atoms with Crippen LogP contribution in [0.25, 0.3) is 0 Å². The molecule has 0 spiro atoms. The molecule has 2 heterocycles. The minimum atomic E-state index is -3.18. The van der Waals surface area contributed by atoms with E-state index < -0.39 is 16.0 Å². The van der Waals surface area contributed by atoms with Gasteiger partial charge in [-0.25, -0.2) is 13.2 Å². The Labute approximate surface area is 127 Å². The maximum absolute atomic E-state index is 12.3. The van der Waals surface area contributed by atoms with Crippen molar-refractivity contribution in [2.24, 2.45) is 0 Å². The predicted octanol–water partition coefficient (Wildman–Crippen LogP) is 1.36. The van der Waals surface area contributed by atoms with Crippen molar-refractivity contribution in [3.05, 3.63) is 16.0 Å². The molecule has 1 aromatic heterocycles. The molecule has 1 aliphatic heterocycles. The van der Waals surface area contributed by atoms with Crippen LogP contribution >= 0.6 is 11.3 Å². The van der Waals surface area contributed by atoms with E-state index in [0.29, 0.717) is 36.7 Å². The lowest BCUT2D eigenvalue weighted by Gasteiger charge is -2.26. The average Bonchev–Trinajstić information content (AvgIpc) is 3.21. The highest BCUT2D eigenvalue weighted by Crippen LogP contribution is 2.39. The fraction of sp³-hybridized carbons (Fsp3) is 0.615. The summed E-state index contributed by atoms with van der Waals surface area (Å²) in [5.74, 6) is -0.411. The molecule has 116 valence electrons. The lowest BCUT2D eigenvalue weighted by Crippen LogP contribution is -2.37. The van der Waals surface area contributed by atoms with Gasteiger partial charge in [-0.2, -0.15) is 4.31 Å². The average molecular weight is 330 g/mol. The molecule has 6 nitrogen and oxygen atoms in total. The largest absolute Gasteiger partial charge is 0.462 e. The summed E-state index contributed by atoms with van der Waals surface area (Å²) in [7, 11) is -3.18. The van der Waals surface area contributed by atoms with Crippen molar-refractivity contribution in [3.63, 3.8) is 0 Å². The van der Waals surface area contributed by atoms with Gasteiger partial charge in [-0.05, 0) is 31.7 Å². The van der Waals surface area contributed by atoms with E-state index >= 15 is 0 Å². The van der Waals surface area contributed by atoms with Crippen LogP contribution in [0.5, 0.6) is 0 Å². The summed E-state index contributed by atoms with van der Waals surface area (Å²) < 4.78 is 31.1. The predicted molar refractivity (Wildman–Crippen MR) is 80.7 cm³/mol. The van der Waals surface area contributed by atoms with Crippen LogP contribution < -0.4 is 5.73 Å². The Morgan fingerprint density at radius 3 is 2.81 bits per heavy atom. The molecule has 1 fully saturated rings. The summed E-state index contributed by atoms with van der Waals surface area (Å²) in [6.07, 6.45) is 2.03. The molecule has 1 saturated carbocycles. The first-order valence-corrected chi connectivity index (χ1v) is 9.33. The highest BCUT2D eigenvalue weighted by atomic mass is 32.2. The molecule has 3 rings (SSSR count). The zero-order valence-electron chi connectivity index (χ0n) is 11.8. The Hall–Kier alpha value is -1.12. The van der Waals surface area contributed by atoms with Gasteiger partial charge in [-0.1, -0.05) is 0 Å². The monoisotopic (exact) mass is 330 g/mol. The summed E-state index contributed by atoms with van der Waals surface area (Å²) in [4.78, 5) is 12.8. The number of sulfonamides is 1. The molecule has 0 unspecified atom stereocenters. The Morgan fingerprint density at radius 1 is 1.48 bits per heavy atom. The molecule has 2 aliphatic rings. The zero-order chi connectivity index (χ0) is 15.2. The molecule has 0 saturated heterocycles. The zero-order valence-corrected chi connectivity index (χ0v) is 13.4. The van der Waals surface area contributed by atoms with Gasteiger partial charge in [-0.3, -0.25) is 0 Å². The Bertz CT molecular complexity index is 677. The Kier molecular flexibility index (Phi) is 3.71. The van der Waals surface area contributed by atoms with Crippen molar-refractivity contribution in [2.45, 2.75) is 38.0 Å². The Balaban J connectivity index is 1.88. The van der Waals surface area contributed by atoms with E-state index in [1.54, 1.807) is 6.92 Å². The molecule has 0 radical (unpaired) electrons. The smallest absolute Gasteiger partial charge is 0.341 e. The minimum absolute atomic E-state index is 0.208. The van der Waals surface area contributed by atoms with Crippen LogP contribution in [0, 0.1) is 0 Å². The van der Waals surface area contributed by atoms with Crippen molar-refractivity contribution in [1.82, 2.24) is 4.31 Å². The summed E-state index contributed by atoms with van der Waals surface area (Å²) in [5, 5.41) is 0.213. The summed E-state index contributed by atoms with van der Waals surface area (Å²) in [6, 6.07) is 0. The van der Waals surface area contributed by atoms with Crippen LogP contribution in [-0.4, -0.2) is 37.1 Å². The molecule has 1 aromatic rings. The number of nitrogens with two attached hydrogens (primary N) is 1. The molecule has 1 aliphatic carbocycles. The number of fused-ring (bicyclic) bond motifs is 1. The van der Waals surface area contributed by atoms with Gasteiger partial charge in [0.1, 0.15) is 5.00 Å². The molecular formula is C13H18N2O4S2. The number of hydrogen-bond donors (Lipinski definition) is 1. The number of anilines is 1. The highest BCUT2D eigenvalue weighted by molar-refractivity contribution is 7.90. The number of hydrogen-bond acceptors (Lipinski definition) is 6. The third kappa shape index (κ3) is 2.56. The first-order valence-electron chi connectivity index (χ1n) is 7.01. The van der Waals surface area contributed by atoms with Crippen LogP contribution in [0.4, 0.5) is 5.00 Å². The maximum atomic E-state index is 12.3. The van der Waals surface area contributed by atoms with Crippen molar-refractivity contribution < 1.29 is 17.9 Å². The summed E-state index contributed by atoms with van der Waals surface area (Å²) >= 11 is 1.29. The third-order valence-electron chi connectivity index (χ3n) is 3.83. The number of thiophene rings is 1. The number of nitrogen functional groups attached to an aromatic ring is 1. The number of carbonyl (C=O) groups is 1. The second-order valence-corrected chi connectivity index (χ2v) is 8.64. The SMILES string of the molecule is CCOC(=O)c1c(N)sc2c1CCN(S(=O)(=O)C1CC1)C2. The van der Waals surface area contributed by atoms with E-state index in [1.807, 2.05) is 0 Å². The molecule has 0 aromatic carbocycles. The molecule has 2 N–H and O–H groups in total. The molecule has 0 bridgehead atoms. The van der Waals surface area contributed by atoms with Crippen molar-refractivity contribution in [1.29, 1.82) is 0 Å². The van der Waals surface area contributed by atoms with Crippen LogP contribution in [-0.2, 0) is 27.7 Å². The topological polar surface area (TPSA) is 89.7 Å². The number of esters is 1. The van der Waals surface area contributed by atoms with Crippen molar-refractivity contribution >= 4 is 32.3 Å². The van der Waals surface area contributed by atoms with Crippen LogP contribution in [0.2, 0.25) is 0 Å². The summed E-state index contributed by atoms with van der Waals surface area (Å²) in [6.45, 7) is 2.78. The van der Waals surface area contributed by atoms with Gasteiger partial charge < -0.3 is 10.5 Å². The van der Waals surface area contributed by atoms with Crippen molar-refractivity contribution in [2.75, 3.05) is 18.9 Å². The van der Waals surface area contributed by atoms with Gasteiger partial charge >= 0.3 is 5.97 Å². The van der Waals surface area contributed by atoms with E-state index in [9.17, 15) is 13.2 Å². The fourth-order valence-electron chi connectivity index (χ4n) is 2.62. The molecule has 8 heteroatoms. The normalized spacial score (nSPS) is 19.3. The van der Waals surface area contributed by atoms with Gasteiger partial charge in [0.2, 0.25) is 10.0 Å². The minimum Gasteiger partial charge on any atom is -0.462 e. The first-order chi connectivity index (χ1) is 9.95. The van der Waals surface area contributed by atoms with Gasteiger partial charge in [0.15, 0.2) is 0 Å². The van der Waals surface area contributed by atoms with Crippen LogP contribution in [0.1, 0.15) is 40.6 Å². The lowest BCUT2D eigenvalue weighted by atomic mass is 10.0. The molecular weight excluding hydrogens is 312 g/mol. The maximum Gasteiger partial charge on any atom is 0.341 e. The van der Waals surface area contributed by atoms with Gasteiger partial charge in [0.25, 0.3) is 0 Å². The highest BCUT2D eigenvalue weighted by Gasteiger charge is 2.42. The molecule has 0 amide bonds. The number of rotatable bonds is 4. The Morgan fingerprint density at radius 2 is 2.19 bits per heavy atom. The second-order valence-electron chi connectivity index (χ2n) is 5.29. The quantitative estimate of drug-likeness (QED) is 0.842. The second kappa shape index (κ2) is 5.26. The van der Waals surface area contributed by atoms with Crippen molar-refractivity contribution in [3.8, 4) is 0 Å². The van der Waals surface area contributed by atoms with Gasteiger partial charge in [0.05, 0.1) is 17.4 Å². The van der Waals surface area contributed by atoms with Gasteiger partial charge in [-0.15, -0.1) is 11.3 Å². The fourth-order valence-corrected chi connectivity index (χ4v) is 5.63. The van der Waals surface area contributed by atoms with E-state index in [-0.39, 0.29) is 5.25 Å². The van der Waals surface area contributed by atoms with E-state index in [0.717, 1.165) is 23.3 Å². The van der Waals surface area contributed by atoms with Crippen LogP contribution in [0.15, 0.2) is 0 Å². The van der Waals surface area contributed by atoms with E-state index in [4.69, 9.17) is 10.5 Å².